The topological polar surface area (TPSA) is 119 Å². The number of imide groups is 1. The number of carbonyl (C=O) groups excluding carboxylic acids is 5. The highest BCUT2D eigenvalue weighted by molar-refractivity contribution is 6.31. The van der Waals surface area contributed by atoms with Gasteiger partial charge in [-0.2, -0.15) is 0 Å². The van der Waals surface area contributed by atoms with E-state index in [-0.39, 0.29) is 28.1 Å². The van der Waals surface area contributed by atoms with Crippen LogP contribution >= 0.6 is 23.2 Å². The first-order valence-corrected chi connectivity index (χ1v) is 13.1. The second-order valence-corrected chi connectivity index (χ2v) is 10.2. The Hall–Kier alpha value is -3.43. The molecule has 1 saturated heterocycles. The zero-order valence-electron chi connectivity index (χ0n) is 20.5. The zero-order chi connectivity index (χ0) is 27.4. The molecule has 38 heavy (non-hydrogen) atoms. The third-order valence-corrected chi connectivity index (χ3v) is 7.54. The SMILES string of the molecule is CCCOC(=O)c1ccc(NC(=O)COC(=O)c2ccc(N3C(=O)[C@H]4C[C@@H](Cl)[C@@H](Cl)C[C@H]4C3=O)cc2)cc1. The molecule has 4 rings (SSSR count). The summed E-state index contributed by atoms with van der Waals surface area (Å²) in [7, 11) is 0. The highest BCUT2D eigenvalue weighted by atomic mass is 35.5. The minimum atomic E-state index is -0.747. The zero-order valence-corrected chi connectivity index (χ0v) is 22.0. The monoisotopic (exact) mass is 560 g/mol. The molecule has 0 bridgehead atoms. The number of ether oxygens (including phenoxy) is 2. The fourth-order valence-electron chi connectivity index (χ4n) is 4.48. The average Bonchev–Trinajstić information content (AvgIpc) is 3.15. The van der Waals surface area contributed by atoms with Crippen LogP contribution in [0.25, 0.3) is 0 Å². The van der Waals surface area contributed by atoms with E-state index in [0.29, 0.717) is 42.8 Å². The molecule has 1 heterocycles. The number of anilines is 2. The van der Waals surface area contributed by atoms with E-state index in [1.807, 2.05) is 6.92 Å². The molecule has 11 heteroatoms. The quantitative estimate of drug-likeness (QED) is 0.292. The van der Waals surface area contributed by atoms with Crippen LogP contribution in [0.15, 0.2) is 48.5 Å². The van der Waals surface area contributed by atoms with Crippen molar-refractivity contribution in [3.8, 4) is 0 Å². The van der Waals surface area contributed by atoms with E-state index in [9.17, 15) is 24.0 Å². The lowest BCUT2D eigenvalue weighted by Gasteiger charge is -2.28. The highest BCUT2D eigenvalue weighted by Gasteiger charge is 2.52. The summed E-state index contributed by atoms with van der Waals surface area (Å²) < 4.78 is 10.1. The number of alkyl halides is 2. The molecule has 1 aliphatic carbocycles. The third-order valence-electron chi connectivity index (χ3n) is 6.45. The van der Waals surface area contributed by atoms with Gasteiger partial charge in [0.05, 0.1) is 46.0 Å². The Morgan fingerprint density at radius 2 is 1.34 bits per heavy atom. The molecule has 0 aromatic heterocycles. The van der Waals surface area contributed by atoms with Crippen LogP contribution in [-0.4, -0.2) is 53.6 Å². The van der Waals surface area contributed by atoms with Crippen LogP contribution in [0.4, 0.5) is 11.4 Å². The Morgan fingerprint density at radius 3 is 1.87 bits per heavy atom. The molecule has 200 valence electrons. The lowest BCUT2D eigenvalue weighted by Crippen LogP contribution is -2.34. The summed E-state index contributed by atoms with van der Waals surface area (Å²) >= 11 is 12.4. The number of fused-ring (bicyclic) bond motifs is 1. The molecule has 2 aromatic rings. The molecular formula is C27H26Cl2N2O7. The maximum absolute atomic E-state index is 12.9. The van der Waals surface area contributed by atoms with Crippen molar-refractivity contribution in [3.05, 3.63) is 59.7 Å². The lowest BCUT2D eigenvalue weighted by molar-refractivity contribution is -0.122. The van der Waals surface area contributed by atoms with Crippen LogP contribution in [0.3, 0.4) is 0 Å². The molecule has 3 amide bonds. The molecule has 0 unspecified atom stereocenters. The van der Waals surface area contributed by atoms with Gasteiger partial charge in [-0.15, -0.1) is 23.2 Å². The normalized spacial score (nSPS) is 22.6. The molecule has 1 aliphatic heterocycles. The van der Waals surface area contributed by atoms with Crippen LogP contribution in [0, 0.1) is 11.8 Å². The van der Waals surface area contributed by atoms with Crippen molar-refractivity contribution in [2.24, 2.45) is 11.8 Å². The molecule has 0 spiro atoms. The van der Waals surface area contributed by atoms with E-state index >= 15 is 0 Å². The van der Waals surface area contributed by atoms with E-state index in [1.54, 1.807) is 12.1 Å². The fraction of sp³-hybridized carbons (Fsp3) is 0.370. The number of rotatable bonds is 8. The Kier molecular flexibility index (Phi) is 8.69. The van der Waals surface area contributed by atoms with E-state index in [0.717, 1.165) is 4.90 Å². The molecule has 1 saturated carbocycles. The van der Waals surface area contributed by atoms with E-state index in [1.165, 1.54) is 36.4 Å². The van der Waals surface area contributed by atoms with Crippen LogP contribution in [0.1, 0.15) is 46.9 Å². The predicted octanol–water partition coefficient (Wildman–Crippen LogP) is 4.16. The van der Waals surface area contributed by atoms with Gasteiger partial charge in [0.25, 0.3) is 5.91 Å². The first-order chi connectivity index (χ1) is 18.2. The van der Waals surface area contributed by atoms with Gasteiger partial charge < -0.3 is 14.8 Å². The molecule has 2 aliphatic rings. The van der Waals surface area contributed by atoms with Gasteiger partial charge in [-0.1, -0.05) is 6.92 Å². The number of nitrogens with zero attached hydrogens (tertiary/aromatic N) is 1. The first kappa shape index (κ1) is 27.6. The van der Waals surface area contributed by atoms with Gasteiger partial charge in [-0.3, -0.25) is 19.3 Å². The number of nitrogens with one attached hydrogen (secondary N) is 1. The number of hydrogen-bond acceptors (Lipinski definition) is 7. The summed E-state index contributed by atoms with van der Waals surface area (Å²) in [5, 5.41) is 1.82. The molecule has 2 fully saturated rings. The molecular weight excluding hydrogens is 535 g/mol. The Labute approximate surface area is 229 Å². The van der Waals surface area contributed by atoms with Gasteiger partial charge in [0.1, 0.15) is 0 Å². The van der Waals surface area contributed by atoms with Crippen LogP contribution in [-0.2, 0) is 23.9 Å². The van der Waals surface area contributed by atoms with Crippen molar-refractivity contribution in [2.75, 3.05) is 23.4 Å². The van der Waals surface area contributed by atoms with Crippen molar-refractivity contribution in [1.82, 2.24) is 0 Å². The van der Waals surface area contributed by atoms with Crippen molar-refractivity contribution in [3.63, 3.8) is 0 Å². The van der Waals surface area contributed by atoms with Gasteiger partial charge in [-0.05, 0) is 67.8 Å². The molecule has 2 aromatic carbocycles. The molecule has 9 nitrogen and oxygen atoms in total. The minimum Gasteiger partial charge on any atom is -0.462 e. The van der Waals surface area contributed by atoms with Crippen molar-refractivity contribution in [1.29, 1.82) is 0 Å². The van der Waals surface area contributed by atoms with Crippen molar-refractivity contribution >= 4 is 64.2 Å². The van der Waals surface area contributed by atoms with Gasteiger partial charge >= 0.3 is 11.9 Å². The third kappa shape index (κ3) is 6.00. The van der Waals surface area contributed by atoms with Gasteiger partial charge in [-0.25, -0.2) is 9.59 Å². The number of carbonyl (C=O) groups is 5. The Morgan fingerprint density at radius 1 is 0.842 bits per heavy atom. The van der Waals surface area contributed by atoms with Crippen LogP contribution in [0.5, 0.6) is 0 Å². The summed E-state index contributed by atoms with van der Waals surface area (Å²) in [4.78, 5) is 63.4. The van der Waals surface area contributed by atoms with E-state index in [4.69, 9.17) is 32.7 Å². The maximum Gasteiger partial charge on any atom is 0.338 e. The largest absolute Gasteiger partial charge is 0.462 e. The first-order valence-electron chi connectivity index (χ1n) is 12.2. The second-order valence-electron chi connectivity index (χ2n) is 9.11. The van der Waals surface area contributed by atoms with Crippen LogP contribution < -0.4 is 10.2 Å². The second kappa shape index (κ2) is 12.0. The number of hydrogen-bond donors (Lipinski definition) is 1. The highest BCUT2D eigenvalue weighted by Crippen LogP contribution is 2.43. The van der Waals surface area contributed by atoms with Crippen molar-refractivity contribution in [2.45, 2.75) is 36.9 Å². The molecule has 0 radical (unpaired) electrons. The van der Waals surface area contributed by atoms with Crippen LogP contribution in [0.2, 0.25) is 0 Å². The van der Waals surface area contributed by atoms with Gasteiger partial charge in [0, 0.05) is 5.69 Å². The Bertz CT molecular complexity index is 1200. The molecule has 1 N–H and O–H groups in total. The Balaban J connectivity index is 1.30. The smallest absolute Gasteiger partial charge is 0.338 e. The van der Waals surface area contributed by atoms with Gasteiger partial charge in [0.2, 0.25) is 11.8 Å². The fourth-order valence-corrected chi connectivity index (χ4v) is 5.07. The maximum atomic E-state index is 12.9. The summed E-state index contributed by atoms with van der Waals surface area (Å²) in [6.45, 7) is 1.68. The average molecular weight is 561 g/mol. The van der Waals surface area contributed by atoms with E-state index < -0.39 is 36.3 Å². The number of esters is 2. The summed E-state index contributed by atoms with van der Waals surface area (Å²) in [5.41, 5.74) is 1.26. The summed E-state index contributed by atoms with van der Waals surface area (Å²) in [6.07, 6.45) is 1.39. The lowest BCUT2D eigenvalue weighted by atomic mass is 9.80. The molecule has 4 atom stereocenters. The number of halogens is 2. The minimum absolute atomic E-state index is 0.148. The predicted molar refractivity (Wildman–Crippen MR) is 140 cm³/mol. The standard InChI is InChI=1S/C27H26Cl2N2O7/c1-2-11-37-26(35)15-3-7-17(8-4-15)30-23(32)14-38-27(36)16-5-9-18(10-6-16)31-24(33)19-12-21(28)22(29)13-20(19)25(31)34/h3-10,19-22H,2,11-14H2,1H3,(H,30,32)/t19-,20+,21+,22-. The summed E-state index contributed by atoms with van der Waals surface area (Å²) in [5.74, 6) is -3.43. The van der Waals surface area contributed by atoms with Gasteiger partial charge in [0.15, 0.2) is 6.61 Å². The van der Waals surface area contributed by atoms with Crippen molar-refractivity contribution < 1.29 is 33.4 Å². The summed E-state index contributed by atoms with van der Waals surface area (Å²) in [6, 6.07) is 11.9. The number of amides is 3. The number of benzene rings is 2. The van der Waals surface area contributed by atoms with E-state index in [2.05, 4.69) is 5.32 Å².